The topological polar surface area (TPSA) is 126 Å². The molecule has 0 aliphatic carbocycles. The normalized spacial score (nSPS) is 15.6. The van der Waals surface area contributed by atoms with Gasteiger partial charge in [-0.3, -0.25) is 0 Å². The van der Waals surface area contributed by atoms with Crippen LogP contribution in [0.1, 0.15) is 18.4 Å². The Labute approximate surface area is 216 Å². The van der Waals surface area contributed by atoms with Crippen molar-refractivity contribution in [2.24, 2.45) is 0 Å². The molecule has 3 heterocycles. The van der Waals surface area contributed by atoms with Gasteiger partial charge in [0.05, 0.1) is 16.9 Å². The Hall–Kier alpha value is -3.92. The Kier molecular flexibility index (Phi) is 6.60. The molecule has 0 bridgehead atoms. The van der Waals surface area contributed by atoms with E-state index in [1.807, 2.05) is 43.3 Å². The van der Waals surface area contributed by atoms with Crippen molar-refractivity contribution >= 4 is 44.4 Å². The Morgan fingerprint density at radius 3 is 2.83 bits per heavy atom. The van der Waals surface area contributed by atoms with E-state index in [4.69, 9.17) is 10.5 Å². The van der Waals surface area contributed by atoms with Crippen LogP contribution in [0.25, 0.3) is 22.0 Å². The number of halogens is 1. The molecule has 2 aromatic carbocycles. The van der Waals surface area contributed by atoms with Crippen LogP contribution in [0.5, 0.6) is 11.6 Å². The van der Waals surface area contributed by atoms with E-state index in [9.17, 15) is 9.90 Å². The molecule has 4 aromatic rings. The predicted octanol–water partition coefficient (Wildman–Crippen LogP) is 5.69. The van der Waals surface area contributed by atoms with Gasteiger partial charge in [0.25, 0.3) is 0 Å². The fraction of sp³-hybridized carbons (Fsp3) is 0.231. The van der Waals surface area contributed by atoms with Crippen molar-refractivity contribution in [3.8, 4) is 22.9 Å². The number of aryl methyl sites for hydroxylation is 1. The number of piperidine rings is 1. The van der Waals surface area contributed by atoms with Gasteiger partial charge in [0.1, 0.15) is 5.75 Å². The molecule has 1 saturated heterocycles. The van der Waals surface area contributed by atoms with Crippen molar-refractivity contribution < 1.29 is 14.6 Å². The molecular formula is C26H25BrN6O3. The van der Waals surface area contributed by atoms with E-state index in [1.54, 1.807) is 18.5 Å². The minimum absolute atomic E-state index is 0.0576. The number of amides is 1. The molecule has 0 radical (unpaired) electrons. The van der Waals surface area contributed by atoms with Crippen LogP contribution in [-0.4, -0.2) is 50.2 Å². The van der Waals surface area contributed by atoms with Gasteiger partial charge in [0, 0.05) is 46.8 Å². The lowest BCUT2D eigenvalue weighted by atomic mass is 10.0. The molecule has 0 saturated carbocycles. The van der Waals surface area contributed by atoms with Gasteiger partial charge in [-0.05, 0) is 71.6 Å². The summed E-state index contributed by atoms with van der Waals surface area (Å²) in [5.41, 5.74) is 9.24. The maximum absolute atomic E-state index is 11.4. The molecule has 4 N–H and O–H groups in total. The number of nitrogen functional groups attached to an aromatic ring is 1. The number of rotatable bonds is 5. The van der Waals surface area contributed by atoms with E-state index >= 15 is 0 Å². The summed E-state index contributed by atoms with van der Waals surface area (Å²) < 4.78 is 7.23. The summed E-state index contributed by atoms with van der Waals surface area (Å²) in [6.45, 7) is 2.91. The largest absolute Gasteiger partial charge is 0.465 e. The molecule has 10 heteroatoms. The van der Waals surface area contributed by atoms with Crippen LogP contribution in [0, 0.1) is 6.92 Å². The van der Waals surface area contributed by atoms with E-state index in [0.29, 0.717) is 47.6 Å². The third-order valence-corrected chi connectivity index (χ3v) is 6.95. The minimum atomic E-state index is -0.911. The number of aromatic nitrogens is 3. The van der Waals surface area contributed by atoms with E-state index < -0.39 is 6.09 Å². The third kappa shape index (κ3) is 4.76. The summed E-state index contributed by atoms with van der Waals surface area (Å²) in [6.07, 6.45) is 4.06. The number of ether oxygens (including phenoxy) is 1. The van der Waals surface area contributed by atoms with Gasteiger partial charge in [-0.25, -0.2) is 19.7 Å². The first kappa shape index (κ1) is 23.8. The zero-order chi connectivity index (χ0) is 25.2. The highest BCUT2D eigenvalue weighted by Crippen LogP contribution is 2.39. The molecule has 1 aliphatic heterocycles. The monoisotopic (exact) mass is 548 g/mol. The zero-order valence-corrected chi connectivity index (χ0v) is 21.2. The number of nitrogens with two attached hydrogens (primary N) is 1. The number of hydrogen-bond acceptors (Lipinski definition) is 7. The average molecular weight is 549 g/mol. The second-order valence-electron chi connectivity index (χ2n) is 8.70. The molecule has 1 fully saturated rings. The second kappa shape index (κ2) is 9.98. The summed E-state index contributed by atoms with van der Waals surface area (Å²) in [7, 11) is 0. The predicted molar refractivity (Wildman–Crippen MR) is 142 cm³/mol. The van der Waals surface area contributed by atoms with Crippen LogP contribution in [-0.2, 0) is 0 Å². The van der Waals surface area contributed by atoms with Crippen molar-refractivity contribution in [1.82, 2.24) is 19.9 Å². The van der Waals surface area contributed by atoms with Crippen LogP contribution in [0.4, 0.5) is 16.4 Å². The average Bonchev–Trinajstić information content (AvgIpc) is 2.88. The SMILES string of the molecule is Cc1ccc2c(N)c(Br)ccc2c1Oc1ncccc1-c1ccnc(NC2CCCN(C(=O)O)C2)n1. The molecule has 5 rings (SSSR count). The Balaban J connectivity index is 1.46. The van der Waals surface area contributed by atoms with Crippen LogP contribution < -0.4 is 15.8 Å². The van der Waals surface area contributed by atoms with Crippen molar-refractivity contribution in [1.29, 1.82) is 0 Å². The summed E-state index contributed by atoms with van der Waals surface area (Å²) >= 11 is 3.49. The van der Waals surface area contributed by atoms with E-state index in [1.165, 1.54) is 4.90 Å². The third-order valence-electron chi connectivity index (χ3n) is 6.26. The molecule has 184 valence electrons. The smallest absolute Gasteiger partial charge is 0.407 e. The van der Waals surface area contributed by atoms with E-state index in [0.717, 1.165) is 33.7 Å². The van der Waals surface area contributed by atoms with Gasteiger partial charge in [-0.15, -0.1) is 0 Å². The number of anilines is 2. The highest BCUT2D eigenvalue weighted by Gasteiger charge is 2.24. The summed E-state index contributed by atoms with van der Waals surface area (Å²) in [6, 6.07) is 13.3. The number of fused-ring (bicyclic) bond motifs is 1. The first-order chi connectivity index (χ1) is 17.4. The van der Waals surface area contributed by atoms with Crippen molar-refractivity contribution in [2.75, 3.05) is 24.1 Å². The Morgan fingerprint density at radius 2 is 2.00 bits per heavy atom. The molecule has 36 heavy (non-hydrogen) atoms. The first-order valence-electron chi connectivity index (χ1n) is 11.6. The van der Waals surface area contributed by atoms with Gasteiger partial charge in [0.15, 0.2) is 0 Å². The Bertz CT molecular complexity index is 1450. The van der Waals surface area contributed by atoms with Crippen LogP contribution >= 0.6 is 15.9 Å². The van der Waals surface area contributed by atoms with Crippen molar-refractivity contribution in [2.45, 2.75) is 25.8 Å². The van der Waals surface area contributed by atoms with Gasteiger partial charge in [-0.2, -0.15) is 0 Å². The lowest BCUT2D eigenvalue weighted by Gasteiger charge is -2.31. The number of likely N-dealkylation sites (tertiary alicyclic amines) is 1. The van der Waals surface area contributed by atoms with Crippen molar-refractivity contribution in [3.63, 3.8) is 0 Å². The summed E-state index contributed by atoms with van der Waals surface area (Å²) in [5.74, 6) is 1.52. The molecule has 1 atom stereocenters. The lowest BCUT2D eigenvalue weighted by Crippen LogP contribution is -2.44. The molecule has 1 aliphatic rings. The van der Waals surface area contributed by atoms with Crippen LogP contribution in [0.15, 0.2) is 59.3 Å². The van der Waals surface area contributed by atoms with Crippen LogP contribution in [0.3, 0.4) is 0 Å². The number of carboxylic acid groups (broad SMARTS) is 1. The van der Waals surface area contributed by atoms with Crippen molar-refractivity contribution in [3.05, 3.63) is 64.9 Å². The molecule has 2 aromatic heterocycles. The molecular weight excluding hydrogens is 524 g/mol. The summed E-state index contributed by atoms with van der Waals surface area (Å²) in [5, 5.41) is 14.4. The number of pyridine rings is 1. The number of nitrogens with zero attached hydrogens (tertiary/aromatic N) is 4. The molecule has 0 spiro atoms. The number of hydrogen-bond donors (Lipinski definition) is 3. The first-order valence-corrected chi connectivity index (χ1v) is 12.4. The fourth-order valence-electron chi connectivity index (χ4n) is 4.41. The number of benzene rings is 2. The van der Waals surface area contributed by atoms with Gasteiger partial charge < -0.3 is 25.8 Å². The second-order valence-corrected chi connectivity index (χ2v) is 9.56. The number of carbonyl (C=O) groups is 1. The van der Waals surface area contributed by atoms with Gasteiger partial charge in [-0.1, -0.05) is 12.1 Å². The highest BCUT2D eigenvalue weighted by atomic mass is 79.9. The maximum atomic E-state index is 11.4. The fourth-order valence-corrected chi connectivity index (χ4v) is 4.76. The standard InChI is InChI=1S/C26H25BrN6O3/c1-15-6-7-17-18(8-9-20(27)22(17)28)23(15)36-24-19(5-2-11-29-24)21-10-12-30-25(32-21)31-16-4-3-13-33(14-16)26(34)35/h2,5-12,16H,3-4,13-14,28H2,1H3,(H,34,35)(H,30,31,32). The minimum Gasteiger partial charge on any atom is -0.465 e. The molecule has 9 nitrogen and oxygen atoms in total. The quantitative estimate of drug-likeness (QED) is 0.271. The number of nitrogens with one attached hydrogen (secondary N) is 1. The molecule has 1 amide bonds. The van der Waals surface area contributed by atoms with Crippen LogP contribution in [0.2, 0.25) is 0 Å². The van der Waals surface area contributed by atoms with E-state index in [2.05, 4.69) is 36.2 Å². The highest BCUT2D eigenvalue weighted by molar-refractivity contribution is 9.10. The summed E-state index contributed by atoms with van der Waals surface area (Å²) in [4.78, 5) is 26.3. The van der Waals surface area contributed by atoms with Gasteiger partial charge >= 0.3 is 6.09 Å². The Morgan fingerprint density at radius 1 is 1.17 bits per heavy atom. The lowest BCUT2D eigenvalue weighted by molar-refractivity contribution is 0.132. The zero-order valence-electron chi connectivity index (χ0n) is 19.6. The van der Waals surface area contributed by atoms with E-state index in [-0.39, 0.29) is 6.04 Å². The maximum Gasteiger partial charge on any atom is 0.407 e. The van der Waals surface area contributed by atoms with Gasteiger partial charge in [0.2, 0.25) is 11.8 Å². The molecule has 1 unspecified atom stereocenters.